The molecule has 3 rings (SSSR count). The van der Waals surface area contributed by atoms with Crippen molar-refractivity contribution in [2.75, 3.05) is 6.61 Å². The number of carbonyl (C=O) groups is 1. The van der Waals surface area contributed by atoms with Gasteiger partial charge in [-0.05, 0) is 55.2 Å². The summed E-state index contributed by atoms with van der Waals surface area (Å²) in [7, 11) is 0. The number of carbonyl (C=O) groups excluding carboxylic acids is 1. The predicted octanol–water partition coefficient (Wildman–Crippen LogP) is 6.42. The molecule has 1 heterocycles. The Morgan fingerprint density at radius 1 is 1.16 bits per heavy atom. The number of ether oxygens (including phenoxy) is 1. The van der Waals surface area contributed by atoms with Crippen molar-refractivity contribution in [3.8, 4) is 5.88 Å². The first-order chi connectivity index (χ1) is 15.5. The largest absolute Gasteiger partial charge is 0.493 e. The van der Waals surface area contributed by atoms with Crippen molar-refractivity contribution >= 4 is 41.4 Å². The van der Waals surface area contributed by atoms with Crippen molar-refractivity contribution < 1.29 is 14.6 Å². The standard InChI is InChI=1S/C25H28N2O3S2/c1-3-5-9-18-12-14-20(15-13-18)26-17-22-23(28)27(25(31)32-22)21(24(29)30-4-2)16-19-10-7-6-8-11-19/h6-8,10-15,17,21,28H,3-5,9,16H2,1-2H3/t21-/m1/s1. The van der Waals surface area contributed by atoms with Crippen LogP contribution in [-0.2, 0) is 22.4 Å². The molecule has 0 spiro atoms. The lowest BCUT2D eigenvalue weighted by Crippen LogP contribution is -2.24. The van der Waals surface area contributed by atoms with E-state index in [0.717, 1.165) is 30.5 Å². The lowest BCUT2D eigenvalue weighted by atomic mass is 10.1. The Morgan fingerprint density at radius 3 is 2.53 bits per heavy atom. The lowest BCUT2D eigenvalue weighted by molar-refractivity contribution is -0.147. The summed E-state index contributed by atoms with van der Waals surface area (Å²) in [5.74, 6) is -0.496. The van der Waals surface area contributed by atoms with Gasteiger partial charge in [0.25, 0.3) is 0 Å². The van der Waals surface area contributed by atoms with E-state index in [1.807, 2.05) is 42.5 Å². The second-order valence-corrected chi connectivity index (χ2v) is 9.09. The molecule has 0 amide bonds. The number of hydrogen-bond donors (Lipinski definition) is 1. The smallest absolute Gasteiger partial charge is 0.329 e. The molecule has 1 N–H and O–H groups in total. The number of benzene rings is 2. The van der Waals surface area contributed by atoms with Gasteiger partial charge >= 0.3 is 5.97 Å². The molecule has 0 bridgehead atoms. The van der Waals surface area contributed by atoms with E-state index in [0.29, 0.717) is 15.3 Å². The third-order valence-corrected chi connectivity index (χ3v) is 6.40. The first-order valence-corrected chi connectivity index (χ1v) is 12.0. The predicted molar refractivity (Wildman–Crippen MR) is 133 cm³/mol. The number of hydrogen-bond acceptors (Lipinski definition) is 6. The molecule has 0 unspecified atom stereocenters. The van der Waals surface area contributed by atoms with E-state index in [-0.39, 0.29) is 12.5 Å². The van der Waals surface area contributed by atoms with Gasteiger partial charge in [0.15, 0.2) is 3.95 Å². The summed E-state index contributed by atoms with van der Waals surface area (Å²) in [6, 6.07) is 16.9. The lowest BCUT2D eigenvalue weighted by Gasteiger charge is -2.18. The van der Waals surface area contributed by atoms with Crippen LogP contribution in [0.2, 0.25) is 0 Å². The zero-order chi connectivity index (χ0) is 22.9. The summed E-state index contributed by atoms with van der Waals surface area (Å²) in [4.78, 5) is 17.7. The molecular weight excluding hydrogens is 440 g/mol. The molecule has 5 nitrogen and oxygen atoms in total. The first-order valence-electron chi connectivity index (χ1n) is 10.8. The number of aromatic hydroxyl groups is 1. The zero-order valence-electron chi connectivity index (χ0n) is 18.4. The molecule has 0 radical (unpaired) electrons. The number of aliphatic imine (C=N–C) groups is 1. The number of aromatic nitrogens is 1. The van der Waals surface area contributed by atoms with Crippen molar-refractivity contribution in [3.05, 3.63) is 74.6 Å². The topological polar surface area (TPSA) is 63.8 Å². The number of nitrogens with zero attached hydrogens (tertiary/aromatic N) is 2. The molecule has 32 heavy (non-hydrogen) atoms. The van der Waals surface area contributed by atoms with Gasteiger partial charge in [-0.15, -0.1) is 0 Å². The summed E-state index contributed by atoms with van der Waals surface area (Å²) in [6.45, 7) is 4.19. The number of rotatable bonds is 10. The average Bonchev–Trinajstić information content (AvgIpc) is 3.09. The summed E-state index contributed by atoms with van der Waals surface area (Å²) < 4.78 is 7.14. The minimum atomic E-state index is -0.749. The third-order valence-electron chi connectivity index (χ3n) is 5.07. The van der Waals surface area contributed by atoms with E-state index < -0.39 is 12.0 Å². The van der Waals surface area contributed by atoms with Crippen LogP contribution in [-0.4, -0.2) is 28.5 Å². The fraction of sp³-hybridized carbons (Fsp3) is 0.320. The second kappa shape index (κ2) is 11.7. The van der Waals surface area contributed by atoms with Gasteiger partial charge in [0.05, 0.1) is 18.5 Å². The zero-order valence-corrected chi connectivity index (χ0v) is 20.0. The summed E-state index contributed by atoms with van der Waals surface area (Å²) in [5.41, 5.74) is 3.03. The number of aryl methyl sites for hydroxylation is 1. The van der Waals surface area contributed by atoms with Crippen LogP contribution in [0, 0.1) is 3.95 Å². The summed E-state index contributed by atoms with van der Waals surface area (Å²) in [5, 5.41) is 10.9. The second-order valence-electron chi connectivity index (χ2n) is 7.41. The highest BCUT2D eigenvalue weighted by Crippen LogP contribution is 2.31. The quantitative estimate of drug-likeness (QED) is 0.212. The molecule has 0 fully saturated rings. The monoisotopic (exact) mass is 468 g/mol. The van der Waals surface area contributed by atoms with E-state index in [1.54, 1.807) is 13.1 Å². The Labute approximate surface area is 198 Å². The highest BCUT2D eigenvalue weighted by atomic mass is 32.1. The van der Waals surface area contributed by atoms with Crippen LogP contribution in [0.4, 0.5) is 5.69 Å². The maximum atomic E-state index is 12.7. The van der Waals surface area contributed by atoms with E-state index in [9.17, 15) is 9.90 Å². The molecule has 7 heteroatoms. The fourth-order valence-corrected chi connectivity index (χ4v) is 4.65. The normalized spacial score (nSPS) is 12.2. The molecule has 0 saturated carbocycles. The Hall–Kier alpha value is -2.77. The van der Waals surface area contributed by atoms with Gasteiger partial charge < -0.3 is 9.84 Å². The highest BCUT2D eigenvalue weighted by Gasteiger charge is 2.27. The molecule has 0 aliphatic heterocycles. The van der Waals surface area contributed by atoms with Gasteiger partial charge in [0.1, 0.15) is 10.9 Å². The fourth-order valence-electron chi connectivity index (χ4n) is 3.37. The molecule has 3 aromatic rings. The van der Waals surface area contributed by atoms with Gasteiger partial charge in [0.2, 0.25) is 5.88 Å². The van der Waals surface area contributed by atoms with Gasteiger partial charge in [-0.2, -0.15) is 0 Å². The summed E-state index contributed by atoms with van der Waals surface area (Å²) in [6.07, 6.45) is 5.35. The molecule has 168 valence electrons. The Balaban J connectivity index is 1.86. The SMILES string of the molecule is CCCCc1ccc(N=Cc2sc(=S)n([C@H](Cc3ccccc3)C(=O)OCC)c2O)cc1. The van der Waals surface area contributed by atoms with Gasteiger partial charge in [-0.3, -0.25) is 9.56 Å². The molecule has 2 aromatic carbocycles. The first kappa shape index (κ1) is 23.9. The Morgan fingerprint density at radius 2 is 1.88 bits per heavy atom. The molecule has 1 aromatic heterocycles. The van der Waals surface area contributed by atoms with Crippen LogP contribution >= 0.6 is 23.6 Å². The van der Waals surface area contributed by atoms with Gasteiger partial charge in [0, 0.05) is 6.42 Å². The molecule has 0 aliphatic carbocycles. The molecule has 0 aliphatic rings. The molecule has 1 atom stereocenters. The summed E-state index contributed by atoms with van der Waals surface area (Å²) >= 11 is 6.72. The maximum Gasteiger partial charge on any atom is 0.329 e. The van der Waals surface area contributed by atoms with Crippen molar-refractivity contribution in [2.45, 2.75) is 45.6 Å². The third kappa shape index (κ3) is 6.14. The van der Waals surface area contributed by atoms with Gasteiger partial charge in [-0.25, -0.2) is 4.79 Å². The van der Waals surface area contributed by atoms with E-state index in [1.165, 1.54) is 21.5 Å². The average molecular weight is 469 g/mol. The van der Waals surface area contributed by atoms with Crippen LogP contribution in [0.3, 0.4) is 0 Å². The highest BCUT2D eigenvalue weighted by molar-refractivity contribution is 7.73. The van der Waals surface area contributed by atoms with E-state index in [4.69, 9.17) is 17.0 Å². The number of esters is 1. The Bertz CT molecular complexity index is 1100. The van der Waals surface area contributed by atoms with Crippen LogP contribution in [0.1, 0.15) is 48.7 Å². The number of thiazole rings is 1. The molecule has 0 saturated heterocycles. The molecular formula is C25H28N2O3S2. The Kier molecular flexibility index (Phi) is 8.76. The minimum absolute atomic E-state index is 0.0719. The minimum Gasteiger partial charge on any atom is -0.493 e. The van der Waals surface area contributed by atoms with Gasteiger partial charge in [-0.1, -0.05) is 67.1 Å². The van der Waals surface area contributed by atoms with E-state index >= 15 is 0 Å². The number of unbranched alkanes of at least 4 members (excludes halogenated alkanes) is 1. The maximum absolute atomic E-state index is 12.7. The van der Waals surface area contributed by atoms with Crippen molar-refractivity contribution in [1.29, 1.82) is 0 Å². The van der Waals surface area contributed by atoms with Crippen LogP contribution in [0.15, 0.2) is 59.6 Å². The van der Waals surface area contributed by atoms with Crippen LogP contribution < -0.4 is 0 Å². The van der Waals surface area contributed by atoms with Crippen molar-refractivity contribution in [3.63, 3.8) is 0 Å². The van der Waals surface area contributed by atoms with Crippen LogP contribution in [0.25, 0.3) is 0 Å². The van der Waals surface area contributed by atoms with E-state index in [2.05, 4.69) is 24.0 Å². The van der Waals surface area contributed by atoms with Crippen LogP contribution in [0.5, 0.6) is 5.88 Å². The van der Waals surface area contributed by atoms with Crippen molar-refractivity contribution in [1.82, 2.24) is 4.57 Å². The van der Waals surface area contributed by atoms with Crippen molar-refractivity contribution in [2.24, 2.45) is 4.99 Å².